The van der Waals surface area contributed by atoms with Gasteiger partial charge in [-0.15, -0.1) is 6.58 Å². The third kappa shape index (κ3) is 4.73. The molecule has 2 nitrogen and oxygen atoms in total. The Kier molecular flexibility index (Phi) is 4.79. The lowest BCUT2D eigenvalue weighted by Crippen LogP contribution is -2.27. The Bertz CT molecular complexity index is 138. The summed E-state index contributed by atoms with van der Waals surface area (Å²) in [6.45, 7) is 7.61. The van der Waals surface area contributed by atoms with Gasteiger partial charge in [-0.25, -0.2) is 0 Å². The third-order valence-electron chi connectivity index (χ3n) is 1.69. The molecule has 0 heterocycles. The fraction of sp³-hybridized carbons (Fsp3) is 0.667. The maximum absolute atomic E-state index is 7.49. The molecular formula is C9H18N2. The number of allylic oxidation sites excluding steroid dienone is 1. The van der Waals surface area contributed by atoms with Crippen LogP contribution in [-0.2, 0) is 0 Å². The van der Waals surface area contributed by atoms with Gasteiger partial charge in [-0.3, -0.25) is 0 Å². The van der Waals surface area contributed by atoms with Gasteiger partial charge in [0.15, 0.2) is 0 Å². The molecule has 0 saturated carbocycles. The SMILES string of the molecule is C=CCC(C)CC(=N)C(C)N. The summed E-state index contributed by atoms with van der Waals surface area (Å²) in [7, 11) is 0. The van der Waals surface area contributed by atoms with Crippen molar-refractivity contribution in [3.05, 3.63) is 12.7 Å². The van der Waals surface area contributed by atoms with Crippen LogP contribution in [0.1, 0.15) is 26.7 Å². The molecule has 0 fully saturated rings. The van der Waals surface area contributed by atoms with Gasteiger partial charge in [0.05, 0.1) is 0 Å². The normalized spacial score (nSPS) is 15.5. The summed E-state index contributed by atoms with van der Waals surface area (Å²) in [5.41, 5.74) is 6.17. The molecule has 0 amide bonds. The van der Waals surface area contributed by atoms with Crippen LogP contribution in [0, 0.1) is 11.3 Å². The Hall–Kier alpha value is -0.630. The molecule has 0 aromatic rings. The zero-order valence-electron chi connectivity index (χ0n) is 7.43. The molecule has 0 saturated heterocycles. The predicted octanol–water partition coefficient (Wildman–Crippen LogP) is 1.96. The summed E-state index contributed by atoms with van der Waals surface area (Å²) in [4.78, 5) is 0. The Morgan fingerprint density at radius 1 is 1.64 bits per heavy atom. The van der Waals surface area contributed by atoms with Gasteiger partial charge in [-0.05, 0) is 25.7 Å². The lowest BCUT2D eigenvalue weighted by molar-refractivity contribution is 0.609. The quantitative estimate of drug-likeness (QED) is 0.461. The Labute approximate surface area is 69.0 Å². The highest BCUT2D eigenvalue weighted by molar-refractivity contribution is 5.86. The smallest absolute Gasteiger partial charge is 0.0394 e. The van der Waals surface area contributed by atoms with Crippen molar-refractivity contribution >= 4 is 5.71 Å². The van der Waals surface area contributed by atoms with Crippen LogP contribution in [0.5, 0.6) is 0 Å². The fourth-order valence-electron chi connectivity index (χ4n) is 0.929. The van der Waals surface area contributed by atoms with Crippen molar-refractivity contribution in [2.45, 2.75) is 32.7 Å². The van der Waals surface area contributed by atoms with E-state index < -0.39 is 0 Å². The molecule has 3 N–H and O–H groups in total. The van der Waals surface area contributed by atoms with Crippen molar-refractivity contribution in [1.82, 2.24) is 0 Å². The number of nitrogens with two attached hydrogens (primary N) is 1. The van der Waals surface area contributed by atoms with Gasteiger partial charge in [-0.1, -0.05) is 13.0 Å². The van der Waals surface area contributed by atoms with Gasteiger partial charge in [0.25, 0.3) is 0 Å². The molecule has 0 aliphatic carbocycles. The van der Waals surface area contributed by atoms with Crippen LogP contribution in [-0.4, -0.2) is 11.8 Å². The molecule has 0 aliphatic rings. The van der Waals surface area contributed by atoms with Crippen LogP contribution in [0.25, 0.3) is 0 Å². The van der Waals surface area contributed by atoms with E-state index in [0.29, 0.717) is 11.6 Å². The lowest BCUT2D eigenvalue weighted by atomic mass is 9.98. The third-order valence-corrected chi connectivity index (χ3v) is 1.69. The number of nitrogens with one attached hydrogen (secondary N) is 1. The maximum atomic E-state index is 7.49. The molecule has 64 valence electrons. The van der Waals surface area contributed by atoms with E-state index in [1.165, 1.54) is 0 Å². The van der Waals surface area contributed by atoms with Crippen molar-refractivity contribution in [2.24, 2.45) is 11.7 Å². The predicted molar refractivity (Wildman–Crippen MR) is 50.0 cm³/mol. The number of rotatable bonds is 5. The maximum Gasteiger partial charge on any atom is 0.0394 e. The lowest BCUT2D eigenvalue weighted by Gasteiger charge is -2.11. The van der Waals surface area contributed by atoms with Gasteiger partial charge in [-0.2, -0.15) is 0 Å². The molecule has 0 aliphatic heterocycles. The second-order valence-corrected chi connectivity index (χ2v) is 3.15. The van der Waals surface area contributed by atoms with Gasteiger partial charge in [0.1, 0.15) is 0 Å². The van der Waals surface area contributed by atoms with Crippen LogP contribution in [0.3, 0.4) is 0 Å². The minimum Gasteiger partial charge on any atom is -0.323 e. The van der Waals surface area contributed by atoms with E-state index >= 15 is 0 Å². The van der Waals surface area contributed by atoms with E-state index in [-0.39, 0.29) is 6.04 Å². The molecule has 0 spiro atoms. The summed E-state index contributed by atoms with van der Waals surface area (Å²) in [6, 6.07) is -0.0951. The van der Waals surface area contributed by atoms with Crippen LogP contribution in [0.2, 0.25) is 0 Å². The first kappa shape index (κ1) is 10.4. The zero-order valence-corrected chi connectivity index (χ0v) is 7.43. The highest BCUT2D eigenvalue weighted by Crippen LogP contribution is 2.08. The van der Waals surface area contributed by atoms with Crippen molar-refractivity contribution < 1.29 is 0 Å². The number of hydrogen-bond donors (Lipinski definition) is 2. The molecule has 0 radical (unpaired) electrons. The van der Waals surface area contributed by atoms with Crippen LogP contribution in [0.15, 0.2) is 12.7 Å². The van der Waals surface area contributed by atoms with Gasteiger partial charge in [0, 0.05) is 11.8 Å². The molecule has 0 bridgehead atoms. The Balaban J connectivity index is 3.65. The highest BCUT2D eigenvalue weighted by atomic mass is 14.7. The molecule has 2 heteroatoms. The van der Waals surface area contributed by atoms with E-state index in [2.05, 4.69) is 13.5 Å². The Morgan fingerprint density at radius 2 is 2.18 bits per heavy atom. The molecule has 11 heavy (non-hydrogen) atoms. The minimum atomic E-state index is -0.0951. The van der Waals surface area contributed by atoms with E-state index in [9.17, 15) is 0 Å². The standard InChI is InChI=1S/C9H18N2/c1-4-5-7(2)6-9(11)8(3)10/h4,7-8,11H,1,5-6,10H2,2-3H3. The van der Waals surface area contributed by atoms with Crippen molar-refractivity contribution in [2.75, 3.05) is 0 Å². The monoisotopic (exact) mass is 154 g/mol. The van der Waals surface area contributed by atoms with E-state index in [1.54, 1.807) is 0 Å². The molecule has 0 aromatic heterocycles. The summed E-state index contributed by atoms with van der Waals surface area (Å²) in [6.07, 6.45) is 3.65. The van der Waals surface area contributed by atoms with E-state index in [0.717, 1.165) is 12.8 Å². The van der Waals surface area contributed by atoms with Crippen molar-refractivity contribution in [3.8, 4) is 0 Å². The average molecular weight is 154 g/mol. The van der Waals surface area contributed by atoms with Crippen molar-refractivity contribution in [1.29, 1.82) is 5.41 Å². The summed E-state index contributed by atoms with van der Waals surface area (Å²) >= 11 is 0. The fourth-order valence-corrected chi connectivity index (χ4v) is 0.929. The molecule has 2 atom stereocenters. The summed E-state index contributed by atoms with van der Waals surface area (Å²) in [5, 5.41) is 7.49. The second-order valence-electron chi connectivity index (χ2n) is 3.15. The Morgan fingerprint density at radius 3 is 2.55 bits per heavy atom. The van der Waals surface area contributed by atoms with Crippen LogP contribution >= 0.6 is 0 Å². The first-order valence-corrected chi connectivity index (χ1v) is 4.01. The molecule has 2 unspecified atom stereocenters. The van der Waals surface area contributed by atoms with Gasteiger partial charge in [0.2, 0.25) is 0 Å². The van der Waals surface area contributed by atoms with Gasteiger partial charge < -0.3 is 11.1 Å². The average Bonchev–Trinajstić information content (AvgIpc) is 1.87. The molecular weight excluding hydrogens is 136 g/mol. The van der Waals surface area contributed by atoms with Crippen LogP contribution < -0.4 is 5.73 Å². The summed E-state index contributed by atoms with van der Waals surface area (Å²) < 4.78 is 0. The largest absolute Gasteiger partial charge is 0.323 e. The first-order chi connectivity index (χ1) is 5.07. The molecule has 0 aromatic carbocycles. The summed E-state index contributed by atoms with van der Waals surface area (Å²) in [5.74, 6) is 0.506. The van der Waals surface area contributed by atoms with E-state index in [4.69, 9.17) is 11.1 Å². The molecule has 0 rings (SSSR count). The highest BCUT2D eigenvalue weighted by Gasteiger charge is 2.07. The van der Waals surface area contributed by atoms with E-state index in [1.807, 2.05) is 13.0 Å². The minimum absolute atomic E-state index is 0.0951. The second kappa shape index (κ2) is 5.08. The van der Waals surface area contributed by atoms with Crippen molar-refractivity contribution in [3.63, 3.8) is 0 Å². The number of hydrogen-bond acceptors (Lipinski definition) is 2. The van der Waals surface area contributed by atoms with Crippen LogP contribution in [0.4, 0.5) is 0 Å². The zero-order chi connectivity index (χ0) is 8.85. The first-order valence-electron chi connectivity index (χ1n) is 4.01. The van der Waals surface area contributed by atoms with Gasteiger partial charge >= 0.3 is 0 Å². The topological polar surface area (TPSA) is 49.9 Å².